The third-order valence-electron chi connectivity index (χ3n) is 4.14. The van der Waals surface area contributed by atoms with Gasteiger partial charge in [0.05, 0.1) is 6.54 Å². The number of carbonyl (C=O) groups is 1. The molecule has 6 nitrogen and oxygen atoms in total. The van der Waals surface area contributed by atoms with Gasteiger partial charge < -0.3 is 10.1 Å². The van der Waals surface area contributed by atoms with E-state index in [-0.39, 0.29) is 12.5 Å². The first-order chi connectivity index (χ1) is 13.3. The summed E-state index contributed by atoms with van der Waals surface area (Å²) in [7, 11) is 0. The zero-order chi connectivity index (χ0) is 18.5. The van der Waals surface area contributed by atoms with Crippen LogP contribution in [0.1, 0.15) is 17.5 Å². The predicted molar refractivity (Wildman–Crippen MR) is 101 cm³/mol. The Balaban J connectivity index is 1.53. The highest BCUT2D eigenvalue weighted by Gasteiger charge is 2.23. The number of aromatic nitrogens is 3. The molecule has 0 aliphatic carbocycles. The Morgan fingerprint density at radius 3 is 2.41 bits per heavy atom. The van der Waals surface area contributed by atoms with Gasteiger partial charge in [-0.05, 0) is 24.3 Å². The van der Waals surface area contributed by atoms with Crippen molar-refractivity contribution in [1.82, 2.24) is 19.9 Å². The molecule has 4 rings (SSSR count). The van der Waals surface area contributed by atoms with Gasteiger partial charge >= 0.3 is 0 Å². The van der Waals surface area contributed by atoms with Crippen molar-refractivity contribution in [1.29, 1.82) is 0 Å². The second-order valence-corrected chi connectivity index (χ2v) is 5.98. The summed E-state index contributed by atoms with van der Waals surface area (Å²) in [5, 5.41) is 11.1. The molecule has 6 heteroatoms. The molecule has 0 saturated carbocycles. The molecule has 0 fully saturated rings. The van der Waals surface area contributed by atoms with E-state index in [9.17, 15) is 4.79 Å². The summed E-state index contributed by atoms with van der Waals surface area (Å²) in [6.45, 7) is 0.255. The second kappa shape index (κ2) is 7.70. The lowest BCUT2D eigenvalue weighted by atomic mass is 10.1. The Morgan fingerprint density at radius 1 is 0.926 bits per heavy atom. The number of para-hydroxylation sites is 1. The molecule has 0 unspecified atom stereocenters. The highest BCUT2D eigenvalue weighted by molar-refractivity contribution is 5.82. The molecular weight excluding hydrogens is 340 g/mol. The summed E-state index contributed by atoms with van der Waals surface area (Å²) in [4.78, 5) is 12.9. The van der Waals surface area contributed by atoms with E-state index in [2.05, 4.69) is 15.5 Å². The summed E-state index contributed by atoms with van der Waals surface area (Å²) in [5.74, 6) is 1.05. The fourth-order valence-corrected chi connectivity index (χ4v) is 2.81. The maximum Gasteiger partial charge on any atom is 0.266 e. The minimum Gasteiger partial charge on any atom is -0.476 e. The van der Waals surface area contributed by atoms with Gasteiger partial charge in [0.15, 0.2) is 11.5 Å². The average Bonchev–Trinajstić information content (AvgIpc) is 3.15. The lowest BCUT2D eigenvalue weighted by molar-refractivity contribution is -0.128. The third-order valence-corrected chi connectivity index (χ3v) is 4.14. The molecule has 0 aliphatic heterocycles. The highest BCUT2D eigenvalue weighted by Crippen LogP contribution is 2.22. The Kier molecular flexibility index (Phi) is 4.78. The molecule has 1 atom stereocenters. The SMILES string of the molecule is O=C(NCc1nnc2ccccn12)[C@H](Oc1ccccc1)c1ccccc1. The number of benzene rings is 2. The normalized spacial score (nSPS) is 11.9. The smallest absolute Gasteiger partial charge is 0.266 e. The maximum absolute atomic E-state index is 12.9. The van der Waals surface area contributed by atoms with Crippen LogP contribution in [0.25, 0.3) is 5.65 Å². The monoisotopic (exact) mass is 358 g/mol. The van der Waals surface area contributed by atoms with E-state index in [0.29, 0.717) is 11.6 Å². The first kappa shape index (κ1) is 16.8. The Morgan fingerprint density at radius 2 is 1.63 bits per heavy atom. The van der Waals surface area contributed by atoms with Gasteiger partial charge in [0.1, 0.15) is 5.75 Å². The zero-order valence-electron chi connectivity index (χ0n) is 14.5. The number of nitrogens with zero attached hydrogens (tertiary/aromatic N) is 3. The number of rotatable bonds is 6. The number of nitrogens with one attached hydrogen (secondary N) is 1. The molecule has 0 bridgehead atoms. The van der Waals surface area contributed by atoms with Gasteiger partial charge in [0.2, 0.25) is 6.10 Å². The number of pyridine rings is 1. The largest absolute Gasteiger partial charge is 0.476 e. The standard InChI is InChI=1S/C21H18N4O2/c26-21(22-15-19-24-23-18-13-7-8-14-25(18)19)20(16-9-3-1-4-10-16)27-17-11-5-2-6-12-17/h1-14,20H,15H2,(H,22,26)/t20-/m1/s1. The number of ether oxygens (including phenoxy) is 1. The predicted octanol–water partition coefficient (Wildman–Crippen LogP) is 3.17. The topological polar surface area (TPSA) is 68.5 Å². The van der Waals surface area contributed by atoms with Gasteiger partial charge in [-0.25, -0.2) is 0 Å². The van der Waals surface area contributed by atoms with Crippen molar-refractivity contribution < 1.29 is 9.53 Å². The molecule has 27 heavy (non-hydrogen) atoms. The van der Waals surface area contributed by atoms with E-state index in [1.807, 2.05) is 89.5 Å². The van der Waals surface area contributed by atoms with Crippen molar-refractivity contribution in [3.63, 3.8) is 0 Å². The van der Waals surface area contributed by atoms with E-state index in [4.69, 9.17) is 4.74 Å². The number of hydrogen-bond donors (Lipinski definition) is 1. The molecule has 1 N–H and O–H groups in total. The zero-order valence-corrected chi connectivity index (χ0v) is 14.5. The maximum atomic E-state index is 12.9. The van der Waals surface area contributed by atoms with Crippen LogP contribution in [0.3, 0.4) is 0 Å². The lowest BCUT2D eigenvalue weighted by Crippen LogP contribution is -2.32. The van der Waals surface area contributed by atoms with E-state index < -0.39 is 6.10 Å². The van der Waals surface area contributed by atoms with Crippen LogP contribution < -0.4 is 10.1 Å². The van der Waals surface area contributed by atoms with Crippen LogP contribution in [0, 0.1) is 0 Å². The van der Waals surface area contributed by atoms with Gasteiger partial charge in [-0.15, -0.1) is 10.2 Å². The van der Waals surface area contributed by atoms with Gasteiger partial charge in [-0.3, -0.25) is 9.20 Å². The van der Waals surface area contributed by atoms with Crippen molar-refractivity contribution >= 4 is 11.6 Å². The molecule has 2 aromatic carbocycles. The van der Waals surface area contributed by atoms with Crippen LogP contribution in [0.4, 0.5) is 0 Å². The Bertz CT molecular complexity index is 1030. The van der Waals surface area contributed by atoms with Crippen molar-refractivity contribution in [3.8, 4) is 5.75 Å². The summed E-state index contributed by atoms with van der Waals surface area (Å²) in [5.41, 5.74) is 1.52. The van der Waals surface area contributed by atoms with Gasteiger partial charge in [-0.1, -0.05) is 54.6 Å². The first-order valence-electron chi connectivity index (χ1n) is 8.64. The highest BCUT2D eigenvalue weighted by atomic mass is 16.5. The third kappa shape index (κ3) is 3.79. The molecule has 2 aromatic heterocycles. The summed E-state index contributed by atoms with van der Waals surface area (Å²) in [6, 6.07) is 24.4. The minimum absolute atomic E-state index is 0.238. The Hall–Kier alpha value is -3.67. The van der Waals surface area contributed by atoms with Crippen molar-refractivity contribution in [3.05, 3.63) is 96.4 Å². The molecule has 0 saturated heterocycles. The molecule has 1 amide bonds. The van der Waals surface area contributed by atoms with Crippen LogP contribution in [-0.4, -0.2) is 20.5 Å². The van der Waals surface area contributed by atoms with Crippen molar-refractivity contribution in [2.75, 3.05) is 0 Å². The van der Waals surface area contributed by atoms with Crippen LogP contribution in [0.5, 0.6) is 5.75 Å². The molecule has 134 valence electrons. The van der Waals surface area contributed by atoms with Crippen molar-refractivity contribution in [2.45, 2.75) is 12.6 Å². The van der Waals surface area contributed by atoms with Crippen LogP contribution >= 0.6 is 0 Å². The minimum atomic E-state index is -0.757. The molecule has 0 aliphatic rings. The van der Waals surface area contributed by atoms with E-state index in [0.717, 1.165) is 11.2 Å². The molecule has 4 aromatic rings. The lowest BCUT2D eigenvalue weighted by Gasteiger charge is -2.19. The van der Waals surface area contributed by atoms with E-state index in [1.165, 1.54) is 0 Å². The van der Waals surface area contributed by atoms with Crippen molar-refractivity contribution in [2.24, 2.45) is 0 Å². The van der Waals surface area contributed by atoms with Crippen LogP contribution in [0.15, 0.2) is 85.1 Å². The molecule has 0 spiro atoms. The van der Waals surface area contributed by atoms with Gasteiger partial charge in [0.25, 0.3) is 5.91 Å². The summed E-state index contributed by atoms with van der Waals surface area (Å²) >= 11 is 0. The molecular formula is C21H18N4O2. The fraction of sp³-hybridized carbons (Fsp3) is 0.0952. The summed E-state index contributed by atoms with van der Waals surface area (Å²) < 4.78 is 7.81. The molecule has 0 radical (unpaired) electrons. The second-order valence-electron chi connectivity index (χ2n) is 5.98. The fourth-order valence-electron chi connectivity index (χ4n) is 2.81. The number of amides is 1. The van der Waals surface area contributed by atoms with Crippen LogP contribution in [0.2, 0.25) is 0 Å². The number of hydrogen-bond acceptors (Lipinski definition) is 4. The quantitative estimate of drug-likeness (QED) is 0.575. The first-order valence-corrected chi connectivity index (χ1v) is 8.64. The molecule has 2 heterocycles. The van der Waals surface area contributed by atoms with E-state index in [1.54, 1.807) is 0 Å². The number of carbonyl (C=O) groups excluding carboxylic acids is 1. The van der Waals surface area contributed by atoms with Gasteiger partial charge in [-0.2, -0.15) is 0 Å². The van der Waals surface area contributed by atoms with Gasteiger partial charge in [0, 0.05) is 11.8 Å². The van der Waals surface area contributed by atoms with E-state index >= 15 is 0 Å². The Labute approximate surface area is 156 Å². The average molecular weight is 358 g/mol. The number of fused-ring (bicyclic) bond motifs is 1. The summed E-state index contributed by atoms with van der Waals surface area (Å²) in [6.07, 6.45) is 1.11. The van der Waals surface area contributed by atoms with Crippen LogP contribution in [-0.2, 0) is 11.3 Å².